The van der Waals surface area contributed by atoms with Gasteiger partial charge in [0.15, 0.2) is 0 Å². The molecule has 3 heterocycles. The first-order valence-corrected chi connectivity index (χ1v) is 12.1. The van der Waals surface area contributed by atoms with Gasteiger partial charge in [0.2, 0.25) is 0 Å². The molecule has 0 N–H and O–H groups in total. The van der Waals surface area contributed by atoms with Crippen LogP contribution in [-0.2, 0) is 10.2 Å². The molecule has 3 fully saturated rings. The summed E-state index contributed by atoms with van der Waals surface area (Å²) in [6.45, 7) is 4.38. The summed E-state index contributed by atoms with van der Waals surface area (Å²) in [4.78, 5) is 27.7. The zero-order chi connectivity index (χ0) is 20.6. The average Bonchev–Trinajstić information content (AvgIpc) is 3.55. The molecule has 8 nitrogen and oxygen atoms in total. The molecule has 1 amide bonds. The van der Waals surface area contributed by atoms with E-state index in [1.54, 1.807) is 26.9 Å². The van der Waals surface area contributed by atoms with Crippen LogP contribution in [0.2, 0.25) is 0 Å². The molecule has 1 saturated carbocycles. The summed E-state index contributed by atoms with van der Waals surface area (Å²) in [5.74, 6) is -0.278. The molecule has 2 saturated heterocycles. The topological polar surface area (TPSA) is 82.9 Å². The molecule has 1 aromatic heterocycles. The van der Waals surface area contributed by atoms with Crippen LogP contribution in [0.1, 0.15) is 60.5 Å². The number of hydrogen-bond donors (Lipinski definition) is 0. The van der Waals surface area contributed by atoms with Gasteiger partial charge < -0.3 is 9.47 Å². The number of hydrogen-bond acceptors (Lipinski definition) is 4. The van der Waals surface area contributed by atoms with Crippen LogP contribution in [0.5, 0.6) is 0 Å². The number of carbonyl (C=O) groups excluding carboxylic acids is 1. The van der Waals surface area contributed by atoms with E-state index in [0.717, 1.165) is 32.1 Å². The van der Waals surface area contributed by atoms with Crippen LogP contribution < -0.4 is 5.56 Å². The molecule has 0 aromatic carbocycles. The van der Waals surface area contributed by atoms with E-state index in [0.29, 0.717) is 44.7 Å². The maximum absolute atomic E-state index is 13.2. The predicted octanol–water partition coefficient (Wildman–Crippen LogP) is 1.37. The summed E-state index contributed by atoms with van der Waals surface area (Å²) in [7, 11) is -3.49. The quantitative estimate of drug-likeness (QED) is 0.734. The van der Waals surface area contributed by atoms with E-state index in [-0.39, 0.29) is 29.6 Å². The van der Waals surface area contributed by atoms with Crippen molar-refractivity contribution in [2.24, 2.45) is 0 Å². The largest absolute Gasteiger partial charge is 0.337 e. The van der Waals surface area contributed by atoms with Crippen molar-refractivity contribution in [1.82, 2.24) is 18.1 Å². The Labute approximate surface area is 172 Å². The number of carbonyl (C=O) groups is 1. The van der Waals surface area contributed by atoms with Crippen LogP contribution in [0.3, 0.4) is 0 Å². The van der Waals surface area contributed by atoms with E-state index in [9.17, 15) is 18.0 Å². The molecule has 29 heavy (non-hydrogen) atoms. The zero-order valence-corrected chi connectivity index (χ0v) is 17.9. The van der Waals surface area contributed by atoms with E-state index in [1.165, 1.54) is 4.31 Å². The van der Waals surface area contributed by atoms with Gasteiger partial charge in [0.1, 0.15) is 5.56 Å². The molecule has 0 bridgehead atoms. The first-order valence-electron chi connectivity index (χ1n) is 10.7. The molecule has 4 rings (SSSR count). The van der Waals surface area contributed by atoms with Crippen LogP contribution in [-0.4, -0.2) is 71.7 Å². The smallest absolute Gasteiger partial charge is 0.282 e. The highest BCUT2D eigenvalue weighted by molar-refractivity contribution is 7.86. The summed E-state index contributed by atoms with van der Waals surface area (Å²) in [6, 6.07) is 2.04. The Hall–Kier alpha value is -1.71. The lowest BCUT2D eigenvalue weighted by Crippen LogP contribution is -2.47. The van der Waals surface area contributed by atoms with Gasteiger partial charge >= 0.3 is 0 Å². The lowest BCUT2D eigenvalue weighted by molar-refractivity contribution is 0.0760. The molecule has 160 valence electrons. The van der Waals surface area contributed by atoms with Gasteiger partial charge in [0.25, 0.3) is 21.7 Å². The van der Waals surface area contributed by atoms with Gasteiger partial charge in [-0.15, -0.1) is 0 Å². The number of rotatable bonds is 4. The minimum absolute atomic E-state index is 0.212. The fourth-order valence-electron chi connectivity index (χ4n) is 4.29. The Morgan fingerprint density at radius 3 is 2.28 bits per heavy atom. The Morgan fingerprint density at radius 2 is 1.59 bits per heavy atom. The molecular weight excluding hydrogens is 392 g/mol. The van der Waals surface area contributed by atoms with Crippen LogP contribution in [0.15, 0.2) is 17.1 Å². The van der Waals surface area contributed by atoms with Crippen LogP contribution >= 0.6 is 0 Å². The third-order valence-corrected chi connectivity index (χ3v) is 8.23. The highest BCUT2D eigenvalue weighted by Gasteiger charge is 2.34. The summed E-state index contributed by atoms with van der Waals surface area (Å²) >= 11 is 0. The van der Waals surface area contributed by atoms with Crippen molar-refractivity contribution >= 4 is 16.1 Å². The first-order chi connectivity index (χ1) is 13.9. The molecule has 0 unspecified atom stereocenters. The van der Waals surface area contributed by atoms with Crippen molar-refractivity contribution in [3.05, 3.63) is 33.7 Å². The average molecular weight is 423 g/mol. The minimum atomic E-state index is -3.49. The highest BCUT2D eigenvalue weighted by atomic mass is 32.2. The Balaban J connectivity index is 1.50. The van der Waals surface area contributed by atoms with Gasteiger partial charge in [-0.1, -0.05) is 6.42 Å². The van der Waals surface area contributed by atoms with Gasteiger partial charge in [-0.2, -0.15) is 17.0 Å². The van der Waals surface area contributed by atoms with Crippen molar-refractivity contribution in [2.75, 3.05) is 39.3 Å². The number of aryl methyl sites for hydroxylation is 1. The lowest BCUT2D eigenvalue weighted by Gasteiger charge is -2.31. The lowest BCUT2D eigenvalue weighted by atomic mass is 10.1. The fourth-order valence-corrected chi connectivity index (χ4v) is 6.00. The first kappa shape index (κ1) is 20.6. The number of nitrogens with zero attached hydrogens (tertiary/aromatic N) is 4. The number of piperidine rings is 1. The predicted molar refractivity (Wildman–Crippen MR) is 110 cm³/mol. The summed E-state index contributed by atoms with van der Waals surface area (Å²) < 4.78 is 30.7. The van der Waals surface area contributed by atoms with E-state index < -0.39 is 10.2 Å². The molecule has 1 aliphatic carbocycles. The standard InChI is InChI=1S/C20H30N4O4S/c1-16-8-13-24(17-6-7-17)20(26)18(16)19(25)21-9-5-12-23(15-14-21)29(27,28)22-10-3-2-4-11-22/h8,13,17H,2-7,9-12,14-15H2,1H3. The Kier molecular flexibility index (Phi) is 5.81. The zero-order valence-electron chi connectivity index (χ0n) is 17.0. The molecule has 0 radical (unpaired) electrons. The second-order valence-electron chi connectivity index (χ2n) is 8.33. The van der Waals surface area contributed by atoms with Gasteiger partial charge in [0.05, 0.1) is 0 Å². The third-order valence-electron chi connectivity index (χ3n) is 6.19. The molecule has 9 heteroatoms. The second-order valence-corrected chi connectivity index (χ2v) is 10.3. The maximum atomic E-state index is 13.2. The molecule has 0 spiro atoms. The van der Waals surface area contributed by atoms with Gasteiger partial charge in [0, 0.05) is 51.5 Å². The van der Waals surface area contributed by atoms with E-state index in [1.807, 2.05) is 6.07 Å². The van der Waals surface area contributed by atoms with Crippen molar-refractivity contribution in [1.29, 1.82) is 0 Å². The fraction of sp³-hybridized carbons (Fsp3) is 0.700. The normalized spacial score (nSPS) is 22.4. The Morgan fingerprint density at radius 1 is 0.931 bits per heavy atom. The summed E-state index contributed by atoms with van der Waals surface area (Å²) in [6.07, 6.45) is 7.18. The summed E-state index contributed by atoms with van der Waals surface area (Å²) in [5, 5.41) is 0. The van der Waals surface area contributed by atoms with Gasteiger partial charge in [-0.25, -0.2) is 0 Å². The molecule has 0 atom stereocenters. The highest BCUT2D eigenvalue weighted by Crippen LogP contribution is 2.33. The van der Waals surface area contributed by atoms with Gasteiger partial charge in [-0.3, -0.25) is 9.59 Å². The summed E-state index contributed by atoms with van der Waals surface area (Å²) in [5.41, 5.74) is 0.685. The molecule has 2 aliphatic heterocycles. The number of amides is 1. The van der Waals surface area contributed by atoms with Crippen LogP contribution in [0.4, 0.5) is 0 Å². The molecule has 3 aliphatic rings. The number of pyridine rings is 1. The van der Waals surface area contributed by atoms with E-state index in [4.69, 9.17) is 0 Å². The van der Waals surface area contributed by atoms with Crippen molar-refractivity contribution in [3.8, 4) is 0 Å². The second kappa shape index (κ2) is 8.20. The number of aromatic nitrogens is 1. The Bertz CT molecular complexity index is 932. The van der Waals surface area contributed by atoms with E-state index in [2.05, 4.69) is 0 Å². The van der Waals surface area contributed by atoms with Crippen LogP contribution in [0.25, 0.3) is 0 Å². The van der Waals surface area contributed by atoms with Crippen molar-refractivity contribution in [3.63, 3.8) is 0 Å². The maximum Gasteiger partial charge on any atom is 0.282 e. The van der Waals surface area contributed by atoms with Crippen LogP contribution in [0, 0.1) is 6.92 Å². The van der Waals surface area contributed by atoms with Crippen molar-refractivity contribution < 1.29 is 13.2 Å². The van der Waals surface area contributed by atoms with E-state index >= 15 is 0 Å². The SMILES string of the molecule is Cc1ccn(C2CC2)c(=O)c1C(=O)N1CCCN(S(=O)(=O)N2CCCCC2)CC1. The third kappa shape index (κ3) is 4.13. The van der Waals surface area contributed by atoms with Gasteiger partial charge in [-0.05, 0) is 50.7 Å². The molecule has 1 aromatic rings. The monoisotopic (exact) mass is 422 g/mol. The minimum Gasteiger partial charge on any atom is -0.337 e. The van der Waals surface area contributed by atoms with Crippen molar-refractivity contribution in [2.45, 2.75) is 51.5 Å². The molecular formula is C20H30N4O4S.